The summed E-state index contributed by atoms with van der Waals surface area (Å²) in [7, 11) is 0. The summed E-state index contributed by atoms with van der Waals surface area (Å²) in [5, 5.41) is 3.74. The van der Waals surface area contributed by atoms with Crippen molar-refractivity contribution < 1.29 is 0 Å². The van der Waals surface area contributed by atoms with Gasteiger partial charge in [-0.2, -0.15) is 0 Å². The van der Waals surface area contributed by atoms with E-state index >= 15 is 0 Å². The smallest absolute Gasteiger partial charge is 0.0402 e. The van der Waals surface area contributed by atoms with Crippen LogP contribution in [0.4, 0.5) is 5.69 Å². The summed E-state index contributed by atoms with van der Waals surface area (Å²) in [6.45, 7) is 8.79. The maximum absolute atomic E-state index is 3.74. The molecule has 0 aliphatic rings. The first-order chi connectivity index (χ1) is 9.60. The Morgan fingerprint density at radius 1 is 0.950 bits per heavy atom. The third-order valence-electron chi connectivity index (χ3n) is 3.84. The SMILES string of the molecule is CCC(Cc1ccccc1)Nc1c(C)cc(C)cc1C. The first-order valence-corrected chi connectivity index (χ1v) is 7.48. The average Bonchev–Trinajstić information content (AvgIpc) is 2.42. The first-order valence-electron chi connectivity index (χ1n) is 7.48. The van der Waals surface area contributed by atoms with E-state index in [1.54, 1.807) is 0 Å². The van der Waals surface area contributed by atoms with E-state index in [0.717, 1.165) is 12.8 Å². The Kier molecular flexibility index (Phi) is 4.84. The molecular formula is C19H25N. The summed E-state index contributed by atoms with van der Waals surface area (Å²) in [5.74, 6) is 0. The second-order valence-corrected chi connectivity index (χ2v) is 5.71. The van der Waals surface area contributed by atoms with Gasteiger partial charge in [-0.25, -0.2) is 0 Å². The molecule has 0 radical (unpaired) electrons. The van der Waals surface area contributed by atoms with Crippen molar-refractivity contribution in [1.82, 2.24) is 0 Å². The van der Waals surface area contributed by atoms with Crippen molar-refractivity contribution in [1.29, 1.82) is 0 Å². The zero-order valence-electron chi connectivity index (χ0n) is 13.0. The van der Waals surface area contributed by atoms with Gasteiger partial charge >= 0.3 is 0 Å². The fraction of sp³-hybridized carbons (Fsp3) is 0.368. The van der Waals surface area contributed by atoms with Crippen LogP contribution in [0, 0.1) is 20.8 Å². The van der Waals surface area contributed by atoms with Gasteiger partial charge in [-0.1, -0.05) is 55.0 Å². The molecule has 1 nitrogen and oxygen atoms in total. The highest BCUT2D eigenvalue weighted by Gasteiger charge is 2.11. The Labute approximate surface area is 123 Å². The van der Waals surface area contributed by atoms with Crippen LogP contribution < -0.4 is 5.32 Å². The number of hydrogen-bond acceptors (Lipinski definition) is 1. The Morgan fingerprint density at radius 2 is 1.55 bits per heavy atom. The number of aryl methyl sites for hydroxylation is 3. The summed E-state index contributed by atoms with van der Waals surface area (Å²) in [4.78, 5) is 0. The Morgan fingerprint density at radius 3 is 2.10 bits per heavy atom. The van der Waals surface area contributed by atoms with Gasteiger partial charge < -0.3 is 5.32 Å². The zero-order valence-corrected chi connectivity index (χ0v) is 13.0. The molecule has 0 bridgehead atoms. The maximum Gasteiger partial charge on any atom is 0.0402 e. The second kappa shape index (κ2) is 6.60. The van der Waals surface area contributed by atoms with Gasteiger partial charge in [0.25, 0.3) is 0 Å². The lowest BCUT2D eigenvalue weighted by Gasteiger charge is -2.22. The number of benzene rings is 2. The molecule has 0 amide bonds. The lowest BCUT2D eigenvalue weighted by Crippen LogP contribution is -2.22. The van der Waals surface area contributed by atoms with Crippen molar-refractivity contribution >= 4 is 5.69 Å². The normalized spacial score (nSPS) is 12.2. The average molecular weight is 267 g/mol. The number of nitrogens with one attached hydrogen (secondary N) is 1. The minimum Gasteiger partial charge on any atom is -0.382 e. The van der Waals surface area contributed by atoms with Crippen LogP contribution in [0.2, 0.25) is 0 Å². The molecule has 0 fully saturated rings. The van der Waals surface area contributed by atoms with Crippen molar-refractivity contribution in [2.45, 2.75) is 46.6 Å². The molecule has 0 saturated carbocycles. The summed E-state index contributed by atoms with van der Waals surface area (Å²) in [6.07, 6.45) is 2.20. The summed E-state index contributed by atoms with van der Waals surface area (Å²) in [6, 6.07) is 15.7. The highest BCUT2D eigenvalue weighted by Crippen LogP contribution is 2.24. The molecule has 1 unspecified atom stereocenters. The number of anilines is 1. The van der Waals surface area contributed by atoms with Crippen LogP contribution in [0.3, 0.4) is 0 Å². The second-order valence-electron chi connectivity index (χ2n) is 5.71. The third-order valence-corrected chi connectivity index (χ3v) is 3.84. The van der Waals surface area contributed by atoms with E-state index in [4.69, 9.17) is 0 Å². The highest BCUT2D eigenvalue weighted by molar-refractivity contribution is 5.58. The number of rotatable bonds is 5. The molecule has 0 aliphatic carbocycles. The van der Waals surface area contributed by atoms with E-state index in [9.17, 15) is 0 Å². The van der Waals surface area contributed by atoms with E-state index in [2.05, 4.69) is 75.5 Å². The van der Waals surface area contributed by atoms with Crippen molar-refractivity contribution in [3.05, 3.63) is 64.7 Å². The van der Waals surface area contributed by atoms with E-state index in [-0.39, 0.29) is 0 Å². The summed E-state index contributed by atoms with van der Waals surface area (Å²) >= 11 is 0. The van der Waals surface area contributed by atoms with Crippen LogP contribution in [0.15, 0.2) is 42.5 Å². The van der Waals surface area contributed by atoms with Gasteiger partial charge in [-0.05, 0) is 50.3 Å². The first kappa shape index (κ1) is 14.6. The standard InChI is InChI=1S/C19H25N/c1-5-18(13-17-9-7-6-8-10-17)20-19-15(3)11-14(2)12-16(19)4/h6-12,18,20H,5,13H2,1-4H3. The van der Waals surface area contributed by atoms with Gasteiger partial charge in [-0.3, -0.25) is 0 Å². The van der Waals surface area contributed by atoms with Crippen LogP contribution >= 0.6 is 0 Å². The molecule has 0 aromatic heterocycles. The van der Waals surface area contributed by atoms with Crippen LogP contribution in [-0.4, -0.2) is 6.04 Å². The molecule has 0 spiro atoms. The maximum atomic E-state index is 3.74. The van der Waals surface area contributed by atoms with Crippen molar-refractivity contribution in [3.8, 4) is 0 Å². The van der Waals surface area contributed by atoms with E-state index in [1.165, 1.54) is 27.9 Å². The van der Waals surface area contributed by atoms with Crippen LogP contribution in [0.1, 0.15) is 35.6 Å². The highest BCUT2D eigenvalue weighted by atomic mass is 14.9. The fourth-order valence-electron chi connectivity index (χ4n) is 2.81. The molecule has 0 saturated heterocycles. The Hall–Kier alpha value is -1.76. The van der Waals surface area contributed by atoms with Gasteiger partial charge in [0.1, 0.15) is 0 Å². The lowest BCUT2D eigenvalue weighted by atomic mass is 10.0. The quantitative estimate of drug-likeness (QED) is 0.799. The molecule has 1 atom stereocenters. The number of hydrogen-bond donors (Lipinski definition) is 1. The van der Waals surface area contributed by atoms with Crippen molar-refractivity contribution in [3.63, 3.8) is 0 Å². The van der Waals surface area contributed by atoms with E-state index < -0.39 is 0 Å². The van der Waals surface area contributed by atoms with E-state index in [0.29, 0.717) is 6.04 Å². The molecule has 20 heavy (non-hydrogen) atoms. The van der Waals surface area contributed by atoms with Crippen LogP contribution in [0.25, 0.3) is 0 Å². The van der Waals surface area contributed by atoms with Gasteiger partial charge in [0, 0.05) is 11.7 Å². The molecule has 106 valence electrons. The Balaban J connectivity index is 2.15. The van der Waals surface area contributed by atoms with Gasteiger partial charge in [-0.15, -0.1) is 0 Å². The largest absolute Gasteiger partial charge is 0.382 e. The summed E-state index contributed by atoms with van der Waals surface area (Å²) < 4.78 is 0. The minimum absolute atomic E-state index is 0.484. The predicted molar refractivity (Wildman–Crippen MR) is 88.5 cm³/mol. The zero-order chi connectivity index (χ0) is 14.5. The molecule has 1 heteroatoms. The summed E-state index contributed by atoms with van der Waals surface area (Å²) in [5.41, 5.74) is 6.72. The molecule has 0 heterocycles. The van der Waals surface area contributed by atoms with Crippen molar-refractivity contribution in [2.24, 2.45) is 0 Å². The molecule has 2 aromatic carbocycles. The lowest BCUT2D eigenvalue weighted by molar-refractivity contribution is 0.689. The van der Waals surface area contributed by atoms with Crippen LogP contribution in [-0.2, 0) is 6.42 Å². The molecule has 2 aromatic rings. The molecule has 1 N–H and O–H groups in total. The topological polar surface area (TPSA) is 12.0 Å². The monoisotopic (exact) mass is 267 g/mol. The fourth-order valence-corrected chi connectivity index (χ4v) is 2.81. The Bertz CT molecular complexity index is 534. The molecule has 0 aliphatic heterocycles. The van der Waals surface area contributed by atoms with E-state index in [1.807, 2.05) is 0 Å². The van der Waals surface area contributed by atoms with Gasteiger partial charge in [0.2, 0.25) is 0 Å². The molecular weight excluding hydrogens is 242 g/mol. The van der Waals surface area contributed by atoms with Gasteiger partial charge in [0.05, 0.1) is 0 Å². The predicted octanol–water partition coefficient (Wildman–Crippen LogP) is 5.05. The minimum atomic E-state index is 0.484. The van der Waals surface area contributed by atoms with Gasteiger partial charge in [0.15, 0.2) is 0 Å². The molecule has 2 rings (SSSR count). The third kappa shape index (κ3) is 3.63. The van der Waals surface area contributed by atoms with Crippen LogP contribution in [0.5, 0.6) is 0 Å². The van der Waals surface area contributed by atoms with Crippen molar-refractivity contribution in [2.75, 3.05) is 5.32 Å².